The average Bonchev–Trinajstić information content (AvgIpc) is 3.80. The number of rotatable bonds is 14. The molecule has 47 heavy (non-hydrogen) atoms. The highest BCUT2D eigenvalue weighted by molar-refractivity contribution is 7.14. The van der Waals surface area contributed by atoms with Crippen LogP contribution in [0.3, 0.4) is 0 Å². The second kappa shape index (κ2) is 16.2. The zero-order chi connectivity index (χ0) is 33.2. The van der Waals surface area contributed by atoms with Crippen molar-refractivity contribution in [2.45, 2.75) is 90.5 Å². The van der Waals surface area contributed by atoms with Crippen molar-refractivity contribution < 1.29 is 14.3 Å². The highest BCUT2D eigenvalue weighted by atomic mass is 32.1. The number of benzene rings is 2. The van der Waals surface area contributed by atoms with Gasteiger partial charge in [-0.25, -0.2) is 9.97 Å². The Labute approximate surface area is 283 Å². The van der Waals surface area contributed by atoms with Crippen molar-refractivity contribution in [2.24, 2.45) is 0 Å². The molecule has 1 N–H and O–H groups in total. The summed E-state index contributed by atoms with van der Waals surface area (Å²) in [4.78, 5) is 39.7. The first-order valence-electron chi connectivity index (χ1n) is 17.1. The third-order valence-corrected chi connectivity index (χ3v) is 10.1. The zero-order valence-corrected chi connectivity index (χ0v) is 29.1. The van der Waals surface area contributed by atoms with Gasteiger partial charge in [-0.05, 0) is 60.1 Å². The number of nitrogens with one attached hydrogen (secondary N) is 1. The lowest BCUT2D eigenvalue weighted by Gasteiger charge is -2.24. The molecular weight excluding hydrogens is 605 g/mol. The van der Waals surface area contributed by atoms with Crippen LogP contribution in [-0.4, -0.2) is 52.4 Å². The van der Waals surface area contributed by atoms with Crippen LogP contribution in [0.25, 0.3) is 22.5 Å². The minimum atomic E-state index is -0.634. The Morgan fingerprint density at radius 3 is 2.15 bits per heavy atom. The number of likely N-dealkylation sites (tertiary alicyclic amines) is 1. The normalized spacial score (nSPS) is 13.8. The van der Waals surface area contributed by atoms with Gasteiger partial charge >= 0.3 is 0 Å². The van der Waals surface area contributed by atoms with Crippen LogP contribution >= 0.6 is 11.3 Å². The molecule has 0 bridgehead atoms. The van der Waals surface area contributed by atoms with Gasteiger partial charge in [0.25, 0.3) is 5.91 Å². The van der Waals surface area contributed by atoms with Gasteiger partial charge in [0.2, 0.25) is 5.91 Å². The molecule has 4 aromatic rings. The number of ether oxygens (including phenoxy) is 1. The summed E-state index contributed by atoms with van der Waals surface area (Å²) in [5.74, 6) is 1.29. The number of nitrogens with zero attached hydrogens (tertiary/aromatic N) is 3. The largest absolute Gasteiger partial charge is 0.494 e. The van der Waals surface area contributed by atoms with Crippen LogP contribution in [0.2, 0.25) is 0 Å². The van der Waals surface area contributed by atoms with E-state index < -0.39 is 6.04 Å². The van der Waals surface area contributed by atoms with Crippen LogP contribution in [-0.2, 0) is 16.6 Å². The monoisotopic (exact) mass is 652 g/mol. The van der Waals surface area contributed by atoms with Crippen molar-refractivity contribution in [3.05, 3.63) is 88.4 Å². The summed E-state index contributed by atoms with van der Waals surface area (Å²) in [5.41, 5.74) is 3.80. The summed E-state index contributed by atoms with van der Waals surface area (Å²) in [5, 5.41) is 3.06. The van der Waals surface area contributed by atoms with Crippen LogP contribution in [0.1, 0.15) is 92.8 Å². The predicted octanol–water partition coefficient (Wildman–Crippen LogP) is 8.48. The second-order valence-electron chi connectivity index (χ2n) is 13.5. The molecule has 0 spiro atoms. The Balaban J connectivity index is 1.20. The third-order valence-electron chi connectivity index (χ3n) is 8.60. The second-order valence-corrected chi connectivity index (χ2v) is 14.5. The van der Waals surface area contributed by atoms with E-state index in [0.29, 0.717) is 17.1 Å². The maximum atomic E-state index is 13.5. The van der Waals surface area contributed by atoms with Gasteiger partial charge in [0, 0.05) is 47.9 Å². The summed E-state index contributed by atoms with van der Waals surface area (Å²) in [6, 6.07) is 19.3. The van der Waals surface area contributed by atoms with Crippen molar-refractivity contribution in [1.82, 2.24) is 20.2 Å². The van der Waals surface area contributed by atoms with Gasteiger partial charge in [0.15, 0.2) is 5.82 Å². The number of hydrogen-bond acceptors (Lipinski definition) is 6. The topological polar surface area (TPSA) is 84.4 Å². The minimum absolute atomic E-state index is 0.0200. The van der Waals surface area contributed by atoms with E-state index in [0.717, 1.165) is 71.8 Å². The molecule has 1 atom stereocenters. The molecule has 2 amide bonds. The highest BCUT2D eigenvalue weighted by Gasteiger charge is 2.29. The first kappa shape index (κ1) is 34.3. The van der Waals surface area contributed by atoms with Crippen LogP contribution < -0.4 is 10.1 Å². The zero-order valence-electron chi connectivity index (χ0n) is 28.3. The average molecular weight is 653 g/mol. The number of thiophene rings is 1. The Morgan fingerprint density at radius 2 is 1.51 bits per heavy atom. The Hall–Kier alpha value is -4.04. The van der Waals surface area contributed by atoms with E-state index in [9.17, 15) is 9.59 Å². The molecule has 5 rings (SSSR count). The van der Waals surface area contributed by atoms with E-state index in [1.165, 1.54) is 37.0 Å². The molecule has 3 heterocycles. The maximum Gasteiger partial charge on any atom is 0.262 e. The fourth-order valence-corrected chi connectivity index (χ4v) is 6.71. The number of carbonyl (C=O) groups excluding carboxylic acids is 2. The van der Waals surface area contributed by atoms with Crippen molar-refractivity contribution in [3.8, 4) is 28.3 Å². The number of amides is 2. The van der Waals surface area contributed by atoms with Crippen LogP contribution in [0, 0.1) is 0 Å². The number of aromatic nitrogens is 2. The lowest BCUT2D eigenvalue weighted by atomic mass is 9.95. The van der Waals surface area contributed by atoms with Gasteiger partial charge in [-0.15, -0.1) is 11.3 Å². The molecule has 7 nitrogen and oxygen atoms in total. The van der Waals surface area contributed by atoms with Gasteiger partial charge in [-0.3, -0.25) is 9.59 Å². The molecular formula is C39H48N4O3S. The minimum Gasteiger partial charge on any atom is -0.494 e. The van der Waals surface area contributed by atoms with E-state index in [1.807, 2.05) is 78.0 Å². The van der Waals surface area contributed by atoms with Gasteiger partial charge in [-0.1, -0.05) is 89.8 Å². The van der Waals surface area contributed by atoms with Gasteiger partial charge in [-0.2, -0.15) is 0 Å². The lowest BCUT2D eigenvalue weighted by molar-refractivity contribution is -0.132. The van der Waals surface area contributed by atoms with Crippen molar-refractivity contribution in [2.75, 3.05) is 19.7 Å². The fraction of sp³-hybridized carbons (Fsp3) is 0.436. The molecule has 2 aromatic heterocycles. The van der Waals surface area contributed by atoms with Crippen LogP contribution in [0.5, 0.6) is 5.75 Å². The number of hydrogen-bond donors (Lipinski definition) is 1. The standard InChI is InChI=1S/C39H48N4O3S/c1-5-6-7-8-11-24-46-32-18-16-29(17-19-32)31-26-40-36(41-27-31)30-14-12-28(13-15-30)25-33(38(45)43-22-9-10-23-43)42-37(44)34-20-21-35(47-34)39(2,3)4/h12-21,26-27,33H,5-11,22-25H2,1-4H3,(H,42,44). The van der Waals surface area contributed by atoms with Crippen molar-refractivity contribution in [3.63, 3.8) is 0 Å². The molecule has 0 radical (unpaired) electrons. The van der Waals surface area contributed by atoms with E-state index in [-0.39, 0.29) is 17.2 Å². The van der Waals surface area contributed by atoms with Crippen LogP contribution in [0.15, 0.2) is 73.1 Å². The van der Waals surface area contributed by atoms with E-state index >= 15 is 0 Å². The summed E-state index contributed by atoms with van der Waals surface area (Å²) in [6.07, 6.45) is 12.2. The molecule has 1 saturated heterocycles. The van der Waals surface area contributed by atoms with Gasteiger partial charge in [0.05, 0.1) is 11.5 Å². The maximum absolute atomic E-state index is 13.5. The smallest absolute Gasteiger partial charge is 0.262 e. The molecule has 248 valence electrons. The molecule has 1 aliphatic heterocycles. The summed E-state index contributed by atoms with van der Waals surface area (Å²) in [7, 11) is 0. The van der Waals surface area contributed by atoms with E-state index in [4.69, 9.17) is 4.74 Å². The first-order chi connectivity index (χ1) is 22.7. The Kier molecular flexibility index (Phi) is 11.8. The number of carbonyl (C=O) groups is 2. The first-order valence-corrected chi connectivity index (χ1v) is 17.9. The summed E-state index contributed by atoms with van der Waals surface area (Å²) < 4.78 is 5.90. The Morgan fingerprint density at radius 1 is 0.851 bits per heavy atom. The van der Waals surface area contributed by atoms with E-state index in [1.54, 1.807) is 0 Å². The highest BCUT2D eigenvalue weighted by Crippen LogP contribution is 2.30. The number of unbranched alkanes of at least 4 members (excludes halogenated alkanes) is 4. The SMILES string of the molecule is CCCCCCCOc1ccc(-c2cnc(-c3ccc(CC(NC(=O)c4ccc(C(C)(C)C)s4)C(=O)N4CCCC4)cc3)nc2)cc1. The molecule has 2 aromatic carbocycles. The lowest BCUT2D eigenvalue weighted by Crippen LogP contribution is -2.48. The van der Waals surface area contributed by atoms with Crippen molar-refractivity contribution in [1.29, 1.82) is 0 Å². The van der Waals surface area contributed by atoms with E-state index in [2.05, 4.69) is 43.0 Å². The molecule has 0 aliphatic carbocycles. The van der Waals surface area contributed by atoms with Gasteiger partial charge in [0.1, 0.15) is 11.8 Å². The molecule has 0 saturated carbocycles. The van der Waals surface area contributed by atoms with Crippen molar-refractivity contribution >= 4 is 23.2 Å². The molecule has 1 fully saturated rings. The fourth-order valence-electron chi connectivity index (χ4n) is 5.74. The van der Waals surface area contributed by atoms with Crippen LogP contribution in [0.4, 0.5) is 0 Å². The van der Waals surface area contributed by atoms with Gasteiger partial charge < -0.3 is 15.0 Å². The predicted molar refractivity (Wildman–Crippen MR) is 191 cm³/mol. The summed E-state index contributed by atoms with van der Waals surface area (Å²) in [6.45, 7) is 10.9. The third kappa shape index (κ3) is 9.50. The Bertz CT molecular complexity index is 1590. The molecule has 1 unspecified atom stereocenters. The summed E-state index contributed by atoms with van der Waals surface area (Å²) >= 11 is 1.49. The quantitative estimate of drug-likeness (QED) is 0.138. The molecule has 8 heteroatoms. The molecule has 1 aliphatic rings.